The molecule has 130 valence electrons. The van der Waals surface area contributed by atoms with Crippen LogP contribution in [0, 0.1) is 11.3 Å². The molecule has 1 aromatic rings. The molecule has 4 nitrogen and oxygen atoms in total. The number of anilines is 1. The van der Waals surface area contributed by atoms with Crippen molar-refractivity contribution in [3.8, 4) is 6.07 Å². The van der Waals surface area contributed by atoms with E-state index in [-0.39, 0.29) is 0 Å². The third-order valence-electron chi connectivity index (χ3n) is 4.62. The molecule has 1 aliphatic rings. The zero-order valence-electron chi connectivity index (χ0n) is 14.6. The average molecular weight is 345 g/mol. The molecule has 0 bridgehead atoms. The van der Waals surface area contributed by atoms with Crippen molar-refractivity contribution in [2.45, 2.75) is 51.5 Å². The van der Waals surface area contributed by atoms with Crippen LogP contribution in [0.1, 0.15) is 44.6 Å². The minimum Gasteiger partial charge on any atom is -0.362 e. The van der Waals surface area contributed by atoms with Crippen LogP contribution in [-0.4, -0.2) is 35.7 Å². The predicted molar refractivity (Wildman–Crippen MR) is 104 cm³/mol. The summed E-state index contributed by atoms with van der Waals surface area (Å²) in [6, 6.07) is 10.7. The number of hydrogen-bond acceptors (Lipinski definition) is 3. The van der Waals surface area contributed by atoms with Gasteiger partial charge in [-0.1, -0.05) is 25.5 Å². The van der Waals surface area contributed by atoms with Gasteiger partial charge in [0.15, 0.2) is 5.11 Å². The van der Waals surface area contributed by atoms with Crippen LogP contribution in [0.3, 0.4) is 0 Å². The van der Waals surface area contributed by atoms with Gasteiger partial charge in [-0.3, -0.25) is 0 Å². The van der Waals surface area contributed by atoms with Gasteiger partial charge in [-0.2, -0.15) is 5.26 Å². The molecule has 1 saturated heterocycles. The topological polar surface area (TPSA) is 51.1 Å². The molecule has 24 heavy (non-hydrogen) atoms. The second kappa shape index (κ2) is 10.3. The lowest BCUT2D eigenvalue weighted by molar-refractivity contribution is 0.143. The minimum atomic E-state index is 0.443. The van der Waals surface area contributed by atoms with Gasteiger partial charge in [-0.05, 0) is 62.1 Å². The molecule has 1 unspecified atom stereocenters. The Morgan fingerprint density at radius 2 is 2.12 bits per heavy atom. The maximum absolute atomic E-state index is 8.68. The van der Waals surface area contributed by atoms with Crippen molar-refractivity contribution in [2.75, 3.05) is 25.0 Å². The lowest BCUT2D eigenvalue weighted by Crippen LogP contribution is -2.40. The van der Waals surface area contributed by atoms with E-state index in [1.54, 1.807) is 0 Å². The fourth-order valence-corrected chi connectivity index (χ4v) is 3.49. The Balaban J connectivity index is 1.65. The molecule has 1 atom stereocenters. The summed E-state index contributed by atoms with van der Waals surface area (Å²) in [6.45, 7) is 5.58. The van der Waals surface area contributed by atoms with Gasteiger partial charge >= 0.3 is 0 Å². The molecule has 0 radical (unpaired) electrons. The highest BCUT2D eigenvalue weighted by Gasteiger charge is 2.19. The number of benzene rings is 1. The molecule has 2 rings (SSSR count). The van der Waals surface area contributed by atoms with Gasteiger partial charge in [-0.15, -0.1) is 0 Å². The quantitative estimate of drug-likeness (QED) is 0.583. The van der Waals surface area contributed by atoms with Crippen LogP contribution in [0.25, 0.3) is 0 Å². The van der Waals surface area contributed by atoms with Crippen molar-refractivity contribution in [2.24, 2.45) is 0 Å². The maximum atomic E-state index is 8.68. The summed E-state index contributed by atoms with van der Waals surface area (Å²) in [4.78, 5) is 2.63. The van der Waals surface area contributed by atoms with E-state index in [0.717, 1.165) is 36.8 Å². The molecule has 0 spiro atoms. The van der Waals surface area contributed by atoms with Crippen molar-refractivity contribution in [3.63, 3.8) is 0 Å². The van der Waals surface area contributed by atoms with Crippen LogP contribution in [0.5, 0.6) is 0 Å². The Bertz CT molecular complexity index is 549. The van der Waals surface area contributed by atoms with Crippen LogP contribution < -0.4 is 10.6 Å². The number of nitrogens with one attached hydrogen (secondary N) is 2. The van der Waals surface area contributed by atoms with E-state index < -0.39 is 0 Å². The Morgan fingerprint density at radius 3 is 2.83 bits per heavy atom. The summed E-state index contributed by atoms with van der Waals surface area (Å²) in [5.41, 5.74) is 1.98. The number of likely N-dealkylation sites (tertiary alicyclic amines) is 1. The van der Waals surface area contributed by atoms with Crippen molar-refractivity contribution in [1.29, 1.82) is 5.26 Å². The van der Waals surface area contributed by atoms with Crippen molar-refractivity contribution in [1.82, 2.24) is 10.2 Å². The van der Waals surface area contributed by atoms with E-state index in [4.69, 9.17) is 17.5 Å². The highest BCUT2D eigenvalue weighted by molar-refractivity contribution is 7.80. The summed E-state index contributed by atoms with van der Waals surface area (Å²) in [6.07, 6.45) is 6.89. The van der Waals surface area contributed by atoms with Crippen LogP contribution in [0.15, 0.2) is 24.3 Å². The molecule has 1 aromatic carbocycles. The third kappa shape index (κ3) is 6.10. The number of rotatable bonds is 7. The zero-order chi connectivity index (χ0) is 17.2. The van der Waals surface area contributed by atoms with Crippen molar-refractivity contribution < 1.29 is 0 Å². The first-order chi connectivity index (χ1) is 11.7. The number of thiocarbonyl (C=S) groups is 1. The molecule has 2 N–H and O–H groups in total. The Hall–Kier alpha value is -1.64. The Labute approximate surface area is 151 Å². The van der Waals surface area contributed by atoms with Gasteiger partial charge < -0.3 is 15.5 Å². The normalized spacial score (nSPS) is 17.9. The van der Waals surface area contributed by atoms with Crippen LogP contribution in [-0.2, 0) is 6.42 Å². The van der Waals surface area contributed by atoms with E-state index in [0.29, 0.717) is 11.5 Å². The Morgan fingerprint density at radius 1 is 1.33 bits per heavy atom. The summed E-state index contributed by atoms with van der Waals surface area (Å²) in [5, 5.41) is 15.8. The molecule has 0 aromatic heterocycles. The molecule has 5 heteroatoms. The fraction of sp³-hybridized carbons (Fsp3) is 0.579. The van der Waals surface area contributed by atoms with E-state index >= 15 is 0 Å². The molecule has 0 saturated carbocycles. The van der Waals surface area contributed by atoms with E-state index in [2.05, 4.69) is 28.5 Å². The predicted octanol–water partition coefficient (Wildman–Crippen LogP) is 3.69. The first-order valence-corrected chi connectivity index (χ1v) is 9.38. The van der Waals surface area contributed by atoms with Gasteiger partial charge in [0.25, 0.3) is 0 Å². The van der Waals surface area contributed by atoms with E-state index in [9.17, 15) is 0 Å². The Kier molecular flexibility index (Phi) is 8.00. The van der Waals surface area contributed by atoms with E-state index in [1.807, 2.05) is 24.3 Å². The molecule has 1 aliphatic heterocycles. The summed E-state index contributed by atoms with van der Waals surface area (Å²) in [7, 11) is 0. The standard InChI is InChI=1S/C19H28N4S/c1-2-18-6-3-4-14-23(18)15-5-13-21-19(24)22-17-9-7-16(8-10-17)11-12-20/h7-10,18H,2-6,11,13-15H2,1H3,(H2,21,22,24). The monoisotopic (exact) mass is 344 g/mol. The highest BCUT2D eigenvalue weighted by atomic mass is 32.1. The van der Waals surface area contributed by atoms with E-state index in [1.165, 1.54) is 32.2 Å². The van der Waals surface area contributed by atoms with Crippen LogP contribution in [0.4, 0.5) is 5.69 Å². The van der Waals surface area contributed by atoms with Gasteiger partial charge in [-0.25, -0.2) is 0 Å². The molecular formula is C19H28N4S. The smallest absolute Gasteiger partial charge is 0.170 e. The molecule has 1 fully saturated rings. The highest BCUT2D eigenvalue weighted by Crippen LogP contribution is 2.19. The largest absolute Gasteiger partial charge is 0.362 e. The first kappa shape index (κ1) is 18.7. The summed E-state index contributed by atoms with van der Waals surface area (Å²) >= 11 is 5.35. The first-order valence-electron chi connectivity index (χ1n) is 8.97. The maximum Gasteiger partial charge on any atom is 0.170 e. The number of nitriles is 1. The van der Waals surface area contributed by atoms with Gasteiger partial charge in [0.1, 0.15) is 0 Å². The summed E-state index contributed by atoms with van der Waals surface area (Å²) < 4.78 is 0. The number of hydrogen-bond donors (Lipinski definition) is 2. The lowest BCUT2D eigenvalue weighted by Gasteiger charge is -2.35. The molecule has 0 aliphatic carbocycles. The van der Waals surface area contributed by atoms with Crippen LogP contribution >= 0.6 is 12.2 Å². The van der Waals surface area contributed by atoms with Crippen molar-refractivity contribution in [3.05, 3.63) is 29.8 Å². The number of nitrogens with zero attached hydrogens (tertiary/aromatic N) is 2. The zero-order valence-corrected chi connectivity index (χ0v) is 15.4. The third-order valence-corrected chi connectivity index (χ3v) is 4.87. The van der Waals surface area contributed by atoms with Gasteiger partial charge in [0, 0.05) is 24.8 Å². The van der Waals surface area contributed by atoms with Crippen LogP contribution in [0.2, 0.25) is 0 Å². The van der Waals surface area contributed by atoms with Crippen molar-refractivity contribution >= 4 is 23.0 Å². The molecular weight excluding hydrogens is 316 g/mol. The summed E-state index contributed by atoms with van der Waals surface area (Å²) in [5.74, 6) is 0. The second-order valence-electron chi connectivity index (χ2n) is 6.36. The average Bonchev–Trinajstić information content (AvgIpc) is 2.61. The van der Waals surface area contributed by atoms with Gasteiger partial charge in [0.2, 0.25) is 0 Å². The minimum absolute atomic E-state index is 0.443. The van der Waals surface area contributed by atoms with Gasteiger partial charge in [0.05, 0.1) is 12.5 Å². The molecule has 1 heterocycles. The SMILES string of the molecule is CCC1CCCCN1CCCNC(=S)Nc1ccc(CC#N)cc1. The second-order valence-corrected chi connectivity index (χ2v) is 6.77. The lowest BCUT2D eigenvalue weighted by atomic mass is 10.00. The fourth-order valence-electron chi connectivity index (χ4n) is 3.27. The molecule has 0 amide bonds. The number of piperidine rings is 1.